The molecule has 2 unspecified atom stereocenters. The topological polar surface area (TPSA) is 45.6 Å². The van der Waals surface area contributed by atoms with Gasteiger partial charge in [-0.25, -0.2) is 0 Å². The van der Waals surface area contributed by atoms with E-state index in [1.165, 1.54) is 32.1 Å². The Morgan fingerprint density at radius 3 is 2.55 bits per heavy atom. The molecule has 0 heterocycles. The summed E-state index contributed by atoms with van der Waals surface area (Å²) in [4.78, 5) is 4.35. The van der Waals surface area contributed by atoms with Gasteiger partial charge in [-0.2, -0.15) is 0 Å². The minimum atomic E-state index is 0.350. The first-order valence-corrected chi connectivity index (χ1v) is 8.24. The molecule has 0 amide bonds. The summed E-state index contributed by atoms with van der Waals surface area (Å²) in [6.07, 6.45) is 8.24. The van der Waals surface area contributed by atoms with Crippen LogP contribution in [0.2, 0.25) is 0 Å². The third-order valence-corrected chi connectivity index (χ3v) is 4.90. The fourth-order valence-electron chi connectivity index (χ4n) is 3.87. The third-order valence-electron chi connectivity index (χ3n) is 4.90. The van der Waals surface area contributed by atoms with E-state index in [9.17, 15) is 0 Å². The van der Waals surface area contributed by atoms with Crippen molar-refractivity contribution in [3.05, 3.63) is 0 Å². The SMILES string of the molecule is CCOC1CC(NC(=NC)NC(C)C)C12CCCCC2. The molecule has 2 rings (SSSR count). The van der Waals surface area contributed by atoms with Crippen molar-refractivity contribution in [3.8, 4) is 0 Å². The Balaban J connectivity index is 2.00. The standard InChI is InChI=1S/C16H31N3O/c1-5-20-14-11-13(16(14)9-7-6-8-10-16)19-15(17-4)18-12(2)3/h12-14H,5-11H2,1-4H3,(H2,17,18,19). The first-order chi connectivity index (χ1) is 9.62. The Kier molecular flexibility index (Phi) is 5.30. The smallest absolute Gasteiger partial charge is 0.191 e. The second-order valence-corrected chi connectivity index (χ2v) is 6.54. The van der Waals surface area contributed by atoms with E-state index in [2.05, 4.69) is 36.4 Å². The van der Waals surface area contributed by atoms with Crippen molar-refractivity contribution >= 4 is 5.96 Å². The number of hydrogen-bond acceptors (Lipinski definition) is 2. The fraction of sp³-hybridized carbons (Fsp3) is 0.938. The zero-order chi connectivity index (χ0) is 14.6. The van der Waals surface area contributed by atoms with Crippen molar-refractivity contribution in [1.29, 1.82) is 0 Å². The molecule has 4 nitrogen and oxygen atoms in total. The number of aliphatic imine (C=N–C) groups is 1. The van der Waals surface area contributed by atoms with Crippen molar-refractivity contribution < 1.29 is 4.74 Å². The molecule has 2 atom stereocenters. The zero-order valence-corrected chi connectivity index (χ0v) is 13.5. The highest BCUT2D eigenvalue weighted by Crippen LogP contribution is 2.53. The number of ether oxygens (including phenoxy) is 1. The summed E-state index contributed by atoms with van der Waals surface area (Å²) in [6.45, 7) is 7.23. The van der Waals surface area contributed by atoms with Crippen molar-refractivity contribution in [2.24, 2.45) is 10.4 Å². The molecule has 116 valence electrons. The highest BCUT2D eigenvalue weighted by Gasteiger charge is 2.55. The largest absolute Gasteiger partial charge is 0.378 e. The van der Waals surface area contributed by atoms with Gasteiger partial charge in [0.25, 0.3) is 0 Å². The lowest BCUT2D eigenvalue weighted by molar-refractivity contribution is -0.145. The molecule has 20 heavy (non-hydrogen) atoms. The van der Waals surface area contributed by atoms with Crippen LogP contribution in [-0.2, 0) is 4.74 Å². The van der Waals surface area contributed by atoms with Crippen LogP contribution in [-0.4, -0.2) is 37.8 Å². The van der Waals surface area contributed by atoms with E-state index in [4.69, 9.17) is 4.74 Å². The van der Waals surface area contributed by atoms with Crippen LogP contribution in [0.15, 0.2) is 4.99 Å². The first-order valence-electron chi connectivity index (χ1n) is 8.24. The molecular weight excluding hydrogens is 250 g/mol. The molecule has 0 aliphatic heterocycles. The van der Waals surface area contributed by atoms with E-state index in [-0.39, 0.29) is 0 Å². The highest BCUT2D eigenvalue weighted by molar-refractivity contribution is 5.80. The van der Waals surface area contributed by atoms with Gasteiger partial charge >= 0.3 is 0 Å². The van der Waals surface area contributed by atoms with Crippen LogP contribution in [0.1, 0.15) is 59.3 Å². The Bertz CT molecular complexity index is 335. The summed E-state index contributed by atoms with van der Waals surface area (Å²) >= 11 is 0. The van der Waals surface area contributed by atoms with Gasteiger partial charge in [0.1, 0.15) is 0 Å². The molecular formula is C16H31N3O. The van der Waals surface area contributed by atoms with E-state index < -0.39 is 0 Å². The number of nitrogens with one attached hydrogen (secondary N) is 2. The summed E-state index contributed by atoms with van der Waals surface area (Å²) in [6, 6.07) is 0.926. The van der Waals surface area contributed by atoms with Crippen LogP contribution in [0.5, 0.6) is 0 Å². The minimum absolute atomic E-state index is 0.350. The molecule has 0 aromatic heterocycles. The van der Waals surface area contributed by atoms with Crippen LogP contribution < -0.4 is 10.6 Å². The Labute approximate surface area is 123 Å². The van der Waals surface area contributed by atoms with Crippen molar-refractivity contribution in [2.75, 3.05) is 13.7 Å². The Morgan fingerprint density at radius 1 is 1.30 bits per heavy atom. The Morgan fingerprint density at radius 2 is 2.00 bits per heavy atom. The molecule has 4 heteroatoms. The summed E-state index contributed by atoms with van der Waals surface area (Å²) in [5.74, 6) is 0.935. The lowest BCUT2D eigenvalue weighted by Crippen LogP contribution is -2.66. The molecule has 1 spiro atoms. The summed E-state index contributed by atoms with van der Waals surface area (Å²) < 4.78 is 6.00. The number of guanidine groups is 1. The van der Waals surface area contributed by atoms with Crippen LogP contribution >= 0.6 is 0 Å². The first kappa shape index (κ1) is 15.6. The molecule has 0 aromatic carbocycles. The van der Waals surface area contributed by atoms with Gasteiger partial charge in [0.05, 0.1) is 6.10 Å². The average Bonchev–Trinajstić information content (AvgIpc) is 2.45. The molecule has 0 aromatic rings. The summed E-state index contributed by atoms with van der Waals surface area (Å²) in [7, 11) is 1.85. The lowest BCUT2D eigenvalue weighted by atomic mass is 9.55. The molecule has 2 N–H and O–H groups in total. The lowest BCUT2D eigenvalue weighted by Gasteiger charge is -2.58. The van der Waals surface area contributed by atoms with Gasteiger partial charge in [-0.3, -0.25) is 4.99 Å². The quantitative estimate of drug-likeness (QED) is 0.615. The predicted octanol–water partition coefficient (Wildman–Crippen LogP) is 2.69. The second-order valence-electron chi connectivity index (χ2n) is 6.54. The Hall–Kier alpha value is -0.770. The second kappa shape index (κ2) is 6.79. The molecule has 2 aliphatic carbocycles. The van der Waals surface area contributed by atoms with Crippen LogP contribution in [0.4, 0.5) is 0 Å². The fourth-order valence-corrected chi connectivity index (χ4v) is 3.87. The summed E-state index contributed by atoms with van der Waals surface area (Å²) in [5.41, 5.74) is 0.350. The van der Waals surface area contributed by atoms with Gasteiger partial charge in [-0.1, -0.05) is 19.3 Å². The number of rotatable bonds is 4. The monoisotopic (exact) mass is 281 g/mol. The van der Waals surface area contributed by atoms with E-state index in [1.807, 2.05) is 7.05 Å². The summed E-state index contributed by atoms with van der Waals surface area (Å²) in [5, 5.41) is 7.04. The van der Waals surface area contributed by atoms with Crippen LogP contribution in [0.25, 0.3) is 0 Å². The van der Waals surface area contributed by atoms with Gasteiger partial charge in [0.2, 0.25) is 0 Å². The van der Waals surface area contributed by atoms with Crippen LogP contribution in [0, 0.1) is 5.41 Å². The van der Waals surface area contributed by atoms with Gasteiger partial charge in [-0.15, -0.1) is 0 Å². The maximum absolute atomic E-state index is 6.00. The van der Waals surface area contributed by atoms with E-state index >= 15 is 0 Å². The third kappa shape index (κ3) is 3.11. The number of nitrogens with zero attached hydrogens (tertiary/aromatic N) is 1. The van der Waals surface area contributed by atoms with Crippen LogP contribution in [0.3, 0.4) is 0 Å². The molecule has 0 bridgehead atoms. The minimum Gasteiger partial charge on any atom is -0.378 e. The molecule has 0 radical (unpaired) electrons. The van der Waals surface area contributed by atoms with Gasteiger partial charge in [0, 0.05) is 31.2 Å². The van der Waals surface area contributed by atoms with Crippen molar-refractivity contribution in [2.45, 2.75) is 77.5 Å². The van der Waals surface area contributed by atoms with Crippen molar-refractivity contribution in [1.82, 2.24) is 10.6 Å². The molecule has 2 fully saturated rings. The molecule has 0 saturated heterocycles. The predicted molar refractivity (Wildman–Crippen MR) is 84.1 cm³/mol. The van der Waals surface area contributed by atoms with Gasteiger partial charge in [0.15, 0.2) is 5.96 Å². The van der Waals surface area contributed by atoms with Gasteiger partial charge < -0.3 is 15.4 Å². The van der Waals surface area contributed by atoms with Crippen molar-refractivity contribution in [3.63, 3.8) is 0 Å². The van der Waals surface area contributed by atoms with Gasteiger partial charge in [-0.05, 0) is 40.0 Å². The van der Waals surface area contributed by atoms with E-state index in [1.54, 1.807) is 0 Å². The highest BCUT2D eigenvalue weighted by atomic mass is 16.5. The van der Waals surface area contributed by atoms with E-state index in [0.717, 1.165) is 19.0 Å². The average molecular weight is 281 g/mol. The maximum Gasteiger partial charge on any atom is 0.191 e. The van der Waals surface area contributed by atoms with E-state index in [0.29, 0.717) is 23.6 Å². The maximum atomic E-state index is 6.00. The molecule has 2 saturated carbocycles. The molecule has 2 aliphatic rings. The normalized spacial score (nSPS) is 29.4. The number of hydrogen-bond donors (Lipinski definition) is 2. The zero-order valence-electron chi connectivity index (χ0n) is 13.5.